The molecule has 1 N–H and O–H groups in total. The zero-order valence-corrected chi connectivity index (χ0v) is 16.3. The van der Waals surface area contributed by atoms with E-state index in [9.17, 15) is 4.79 Å². The lowest BCUT2D eigenvalue weighted by Crippen LogP contribution is -2.25. The van der Waals surface area contributed by atoms with Crippen LogP contribution in [-0.2, 0) is 6.42 Å². The number of rotatable bonds is 4. The third kappa shape index (κ3) is 3.31. The first-order valence-electron chi connectivity index (χ1n) is 9.36. The molecule has 0 saturated heterocycles. The first-order valence-corrected chi connectivity index (χ1v) is 9.36. The van der Waals surface area contributed by atoms with Crippen molar-refractivity contribution in [2.24, 2.45) is 0 Å². The molecule has 0 fully saturated rings. The fraction of sp³-hybridized carbons (Fsp3) is 0.217. The number of hydrogen-bond donors (Lipinski definition) is 1. The number of hydrogen-bond acceptors (Lipinski definition) is 4. The molecule has 1 atom stereocenters. The number of benzene rings is 2. The van der Waals surface area contributed by atoms with Crippen LogP contribution in [0, 0.1) is 6.92 Å². The number of aromatic nitrogens is 1. The average molecular weight is 373 g/mol. The molecule has 5 heteroatoms. The van der Waals surface area contributed by atoms with E-state index in [-0.39, 0.29) is 5.91 Å². The normalized spacial score (nSPS) is 15.2. The molecule has 142 valence electrons. The molecule has 3 aromatic rings. The van der Waals surface area contributed by atoms with Gasteiger partial charge < -0.3 is 15.0 Å². The number of anilines is 3. The molecule has 1 unspecified atom stereocenters. The Kier molecular flexibility index (Phi) is 4.74. The van der Waals surface area contributed by atoms with Gasteiger partial charge in [0, 0.05) is 17.9 Å². The molecule has 5 nitrogen and oxygen atoms in total. The first kappa shape index (κ1) is 18.0. The van der Waals surface area contributed by atoms with E-state index in [1.807, 2.05) is 43.3 Å². The minimum Gasteiger partial charge on any atom is -0.495 e. The van der Waals surface area contributed by atoms with Crippen LogP contribution < -0.4 is 15.0 Å². The quantitative estimate of drug-likeness (QED) is 0.718. The number of nitrogens with one attached hydrogen (secondary N) is 1. The molecule has 0 aliphatic carbocycles. The van der Waals surface area contributed by atoms with Gasteiger partial charge in [-0.2, -0.15) is 0 Å². The maximum Gasteiger partial charge on any atom is 0.257 e. The Hall–Kier alpha value is -3.34. The molecule has 2 aromatic carbocycles. The number of carbonyl (C=O) groups excluding carboxylic acids is 1. The largest absolute Gasteiger partial charge is 0.495 e. The minimum absolute atomic E-state index is 0.210. The van der Waals surface area contributed by atoms with E-state index in [4.69, 9.17) is 4.74 Å². The Morgan fingerprint density at radius 1 is 1.18 bits per heavy atom. The summed E-state index contributed by atoms with van der Waals surface area (Å²) in [5.41, 5.74) is 4.71. The second-order valence-corrected chi connectivity index (χ2v) is 7.11. The highest BCUT2D eigenvalue weighted by Gasteiger charge is 2.27. The van der Waals surface area contributed by atoms with Crippen LogP contribution in [0.5, 0.6) is 5.75 Å². The maximum atomic E-state index is 12.7. The number of carbonyl (C=O) groups is 1. The highest BCUT2D eigenvalue weighted by molar-refractivity contribution is 6.05. The van der Waals surface area contributed by atoms with E-state index in [2.05, 4.69) is 40.3 Å². The molecule has 0 radical (unpaired) electrons. The Balaban J connectivity index is 1.56. The van der Waals surface area contributed by atoms with Gasteiger partial charge in [-0.15, -0.1) is 0 Å². The van der Waals surface area contributed by atoms with Gasteiger partial charge in [0.1, 0.15) is 11.6 Å². The van der Waals surface area contributed by atoms with E-state index in [1.165, 1.54) is 11.3 Å². The molecule has 0 saturated carbocycles. The zero-order chi connectivity index (χ0) is 19.7. The summed E-state index contributed by atoms with van der Waals surface area (Å²) in [5.74, 6) is 1.27. The third-order valence-corrected chi connectivity index (χ3v) is 5.07. The summed E-state index contributed by atoms with van der Waals surface area (Å²) in [4.78, 5) is 19.5. The summed E-state index contributed by atoms with van der Waals surface area (Å²) >= 11 is 0. The van der Waals surface area contributed by atoms with E-state index >= 15 is 0 Å². The summed E-state index contributed by atoms with van der Waals surface area (Å²) in [5, 5.41) is 2.91. The van der Waals surface area contributed by atoms with Gasteiger partial charge in [-0.05, 0) is 61.7 Å². The van der Waals surface area contributed by atoms with Crippen molar-refractivity contribution in [2.45, 2.75) is 26.3 Å². The van der Waals surface area contributed by atoms with Crippen LogP contribution in [0.4, 0.5) is 17.2 Å². The smallest absolute Gasteiger partial charge is 0.257 e. The number of fused-ring (bicyclic) bond motifs is 1. The second-order valence-electron chi connectivity index (χ2n) is 7.11. The zero-order valence-electron chi connectivity index (χ0n) is 16.3. The average Bonchev–Trinajstić information content (AvgIpc) is 3.04. The van der Waals surface area contributed by atoms with Crippen molar-refractivity contribution in [3.05, 3.63) is 77.5 Å². The van der Waals surface area contributed by atoms with E-state index in [0.29, 0.717) is 23.0 Å². The van der Waals surface area contributed by atoms with Gasteiger partial charge in [-0.1, -0.05) is 24.3 Å². The van der Waals surface area contributed by atoms with Crippen LogP contribution in [0.25, 0.3) is 0 Å². The molecule has 1 aliphatic rings. The lowest BCUT2D eigenvalue weighted by atomic mass is 10.1. The van der Waals surface area contributed by atoms with E-state index < -0.39 is 0 Å². The van der Waals surface area contributed by atoms with Crippen LogP contribution in [0.15, 0.2) is 60.8 Å². The van der Waals surface area contributed by atoms with Crippen molar-refractivity contribution in [1.29, 1.82) is 0 Å². The molecule has 1 aliphatic heterocycles. The van der Waals surface area contributed by atoms with Gasteiger partial charge in [-0.25, -0.2) is 4.98 Å². The maximum absolute atomic E-state index is 12.7. The fourth-order valence-corrected chi connectivity index (χ4v) is 3.69. The Morgan fingerprint density at radius 2 is 2.00 bits per heavy atom. The second kappa shape index (κ2) is 7.35. The highest BCUT2D eigenvalue weighted by Crippen LogP contribution is 2.37. The molecule has 2 heterocycles. The molecule has 0 spiro atoms. The van der Waals surface area contributed by atoms with Crippen LogP contribution >= 0.6 is 0 Å². The van der Waals surface area contributed by atoms with E-state index in [1.54, 1.807) is 13.3 Å². The topological polar surface area (TPSA) is 54.5 Å². The number of methoxy groups -OCH3 is 1. The molecule has 1 amide bonds. The molecule has 28 heavy (non-hydrogen) atoms. The van der Waals surface area contributed by atoms with Crippen LogP contribution in [0.3, 0.4) is 0 Å². The predicted molar refractivity (Wildman–Crippen MR) is 112 cm³/mol. The first-order chi connectivity index (χ1) is 13.6. The summed E-state index contributed by atoms with van der Waals surface area (Å²) in [6, 6.07) is 18.1. The van der Waals surface area contributed by atoms with Gasteiger partial charge in [0.15, 0.2) is 0 Å². The van der Waals surface area contributed by atoms with Crippen LogP contribution in [0.2, 0.25) is 0 Å². The van der Waals surface area contributed by atoms with Crippen LogP contribution in [0.1, 0.15) is 28.4 Å². The lowest BCUT2D eigenvalue weighted by Gasteiger charge is -2.23. The molecular weight excluding hydrogens is 350 g/mol. The lowest BCUT2D eigenvalue weighted by molar-refractivity contribution is 0.102. The number of para-hydroxylation sites is 1. The summed E-state index contributed by atoms with van der Waals surface area (Å²) < 4.78 is 5.33. The van der Waals surface area contributed by atoms with Gasteiger partial charge in [0.05, 0.1) is 18.4 Å². The third-order valence-electron chi connectivity index (χ3n) is 5.07. The van der Waals surface area contributed by atoms with Gasteiger partial charge >= 0.3 is 0 Å². The van der Waals surface area contributed by atoms with Crippen molar-refractivity contribution in [3.63, 3.8) is 0 Å². The van der Waals surface area contributed by atoms with Gasteiger partial charge in [-0.3, -0.25) is 4.79 Å². The summed E-state index contributed by atoms with van der Waals surface area (Å²) in [6.07, 6.45) is 2.62. The number of aryl methyl sites for hydroxylation is 1. The predicted octanol–water partition coefficient (Wildman–Crippen LogP) is 4.73. The highest BCUT2D eigenvalue weighted by atomic mass is 16.5. The Morgan fingerprint density at radius 3 is 2.75 bits per heavy atom. The number of nitrogens with zero attached hydrogens (tertiary/aromatic N) is 2. The fourth-order valence-electron chi connectivity index (χ4n) is 3.69. The van der Waals surface area contributed by atoms with Crippen molar-refractivity contribution >= 4 is 23.1 Å². The SMILES string of the molecule is COc1ccc(C)cc1NC(=O)c1ccc(N2c3ccccc3CC2C)nc1. The van der Waals surface area contributed by atoms with Crippen molar-refractivity contribution in [2.75, 3.05) is 17.3 Å². The molecule has 0 bridgehead atoms. The van der Waals surface area contributed by atoms with Crippen LogP contribution in [-0.4, -0.2) is 24.0 Å². The standard InChI is InChI=1S/C23H23N3O2/c1-15-8-10-21(28-3)19(12-15)25-23(27)18-9-11-22(24-14-18)26-16(2)13-17-6-4-5-7-20(17)26/h4-12,14,16H,13H2,1-3H3,(H,25,27). The Bertz CT molecular complexity index is 1010. The summed E-state index contributed by atoms with van der Waals surface area (Å²) in [7, 11) is 1.59. The molecule has 1 aromatic heterocycles. The molecular formula is C23H23N3O2. The van der Waals surface area contributed by atoms with Gasteiger partial charge in [0.2, 0.25) is 0 Å². The minimum atomic E-state index is -0.210. The van der Waals surface area contributed by atoms with Crippen molar-refractivity contribution < 1.29 is 9.53 Å². The van der Waals surface area contributed by atoms with Crippen molar-refractivity contribution in [3.8, 4) is 5.75 Å². The number of pyridine rings is 1. The number of amides is 1. The van der Waals surface area contributed by atoms with Gasteiger partial charge in [0.25, 0.3) is 5.91 Å². The molecule has 4 rings (SSSR count). The van der Waals surface area contributed by atoms with E-state index in [0.717, 1.165) is 17.8 Å². The van der Waals surface area contributed by atoms with Crippen molar-refractivity contribution in [1.82, 2.24) is 4.98 Å². The Labute approximate surface area is 165 Å². The summed E-state index contributed by atoms with van der Waals surface area (Å²) in [6.45, 7) is 4.16. The monoisotopic (exact) mass is 373 g/mol. The number of ether oxygens (including phenoxy) is 1.